The van der Waals surface area contributed by atoms with Crippen molar-refractivity contribution < 1.29 is 23.9 Å². The van der Waals surface area contributed by atoms with Gasteiger partial charge < -0.3 is 25.0 Å². The lowest BCUT2D eigenvalue weighted by Crippen LogP contribution is -2.50. The molecule has 9 heteroatoms. The summed E-state index contributed by atoms with van der Waals surface area (Å²) < 4.78 is 10.5. The van der Waals surface area contributed by atoms with Crippen molar-refractivity contribution in [1.82, 2.24) is 9.80 Å². The Kier molecular flexibility index (Phi) is 8.26. The summed E-state index contributed by atoms with van der Waals surface area (Å²) in [6.07, 6.45) is 0.322. The summed E-state index contributed by atoms with van der Waals surface area (Å²) >= 11 is 0. The van der Waals surface area contributed by atoms with E-state index in [0.29, 0.717) is 49.7 Å². The Morgan fingerprint density at radius 2 is 1.70 bits per heavy atom. The second kappa shape index (κ2) is 11.3. The maximum Gasteiger partial charge on any atom is 0.238 e. The fourth-order valence-electron chi connectivity index (χ4n) is 3.70. The van der Waals surface area contributed by atoms with Crippen LogP contribution in [0.5, 0.6) is 11.5 Å². The van der Waals surface area contributed by atoms with Crippen LogP contribution in [0, 0.1) is 0 Å². The van der Waals surface area contributed by atoms with Crippen molar-refractivity contribution in [2.24, 2.45) is 0 Å². The van der Waals surface area contributed by atoms with E-state index >= 15 is 0 Å². The van der Waals surface area contributed by atoms with Gasteiger partial charge in [0.1, 0.15) is 11.5 Å². The molecular formula is C24H30N4O5. The first-order chi connectivity index (χ1) is 15.9. The van der Waals surface area contributed by atoms with E-state index in [1.54, 1.807) is 25.3 Å². The lowest BCUT2D eigenvalue weighted by molar-refractivity contribution is -0.132. The molecule has 0 radical (unpaired) electrons. The Hall–Kier alpha value is -3.59. The van der Waals surface area contributed by atoms with Crippen molar-refractivity contribution in [2.75, 3.05) is 57.6 Å². The van der Waals surface area contributed by atoms with Crippen LogP contribution in [-0.2, 0) is 20.8 Å². The zero-order chi connectivity index (χ0) is 23.8. The fourth-order valence-corrected chi connectivity index (χ4v) is 3.70. The number of hydrogen-bond donors (Lipinski definition) is 2. The summed E-state index contributed by atoms with van der Waals surface area (Å²) in [5.74, 6) is 0.911. The Bertz CT molecular complexity index is 1000. The minimum absolute atomic E-state index is 0.0619. The number of ether oxygens (including phenoxy) is 2. The third-order valence-corrected chi connectivity index (χ3v) is 5.38. The number of benzene rings is 2. The van der Waals surface area contributed by atoms with Gasteiger partial charge in [-0.2, -0.15) is 0 Å². The Balaban J connectivity index is 1.50. The monoisotopic (exact) mass is 454 g/mol. The van der Waals surface area contributed by atoms with Crippen LogP contribution < -0.4 is 20.1 Å². The highest BCUT2D eigenvalue weighted by molar-refractivity contribution is 5.95. The number of carbonyl (C=O) groups is 3. The Morgan fingerprint density at radius 1 is 0.939 bits per heavy atom. The van der Waals surface area contributed by atoms with Gasteiger partial charge in [-0.25, -0.2) is 0 Å². The van der Waals surface area contributed by atoms with Gasteiger partial charge in [0.2, 0.25) is 17.7 Å². The van der Waals surface area contributed by atoms with Crippen LogP contribution in [0.25, 0.3) is 0 Å². The highest BCUT2D eigenvalue weighted by atomic mass is 16.5. The van der Waals surface area contributed by atoms with Crippen LogP contribution in [0.2, 0.25) is 0 Å². The molecule has 2 aromatic carbocycles. The normalized spacial score (nSPS) is 13.8. The zero-order valence-corrected chi connectivity index (χ0v) is 19.2. The van der Waals surface area contributed by atoms with Crippen LogP contribution >= 0.6 is 0 Å². The molecule has 3 rings (SSSR count). The van der Waals surface area contributed by atoms with Gasteiger partial charge in [0, 0.05) is 38.8 Å². The summed E-state index contributed by atoms with van der Waals surface area (Å²) in [4.78, 5) is 40.4. The van der Waals surface area contributed by atoms with Gasteiger partial charge in [-0.3, -0.25) is 19.3 Å². The van der Waals surface area contributed by atoms with Crippen LogP contribution in [0.1, 0.15) is 12.5 Å². The van der Waals surface area contributed by atoms with Crippen molar-refractivity contribution in [3.05, 3.63) is 48.0 Å². The number of anilines is 2. The lowest BCUT2D eigenvalue weighted by atomic mass is 10.1. The van der Waals surface area contributed by atoms with E-state index in [1.165, 1.54) is 14.0 Å². The predicted molar refractivity (Wildman–Crippen MR) is 126 cm³/mol. The number of methoxy groups -OCH3 is 2. The first-order valence-electron chi connectivity index (χ1n) is 10.8. The molecule has 2 N–H and O–H groups in total. The third-order valence-electron chi connectivity index (χ3n) is 5.38. The molecule has 0 unspecified atom stereocenters. The lowest BCUT2D eigenvalue weighted by Gasteiger charge is -2.34. The maximum atomic E-state index is 12.7. The summed E-state index contributed by atoms with van der Waals surface area (Å²) in [6.45, 7) is 3.98. The molecule has 0 aromatic heterocycles. The Labute approximate surface area is 193 Å². The average molecular weight is 455 g/mol. The number of piperazine rings is 1. The number of rotatable bonds is 8. The average Bonchev–Trinajstić information content (AvgIpc) is 2.79. The highest BCUT2D eigenvalue weighted by Gasteiger charge is 2.23. The van der Waals surface area contributed by atoms with Gasteiger partial charge in [0.15, 0.2) is 0 Å². The van der Waals surface area contributed by atoms with Crippen LogP contribution in [0.3, 0.4) is 0 Å². The molecule has 0 saturated carbocycles. The van der Waals surface area contributed by atoms with Crippen molar-refractivity contribution in [1.29, 1.82) is 0 Å². The minimum atomic E-state index is -0.198. The number of carbonyl (C=O) groups excluding carboxylic acids is 3. The van der Waals surface area contributed by atoms with Crippen molar-refractivity contribution in [2.45, 2.75) is 13.3 Å². The topological polar surface area (TPSA) is 100 Å². The van der Waals surface area contributed by atoms with Gasteiger partial charge in [0.05, 0.1) is 32.9 Å². The van der Waals surface area contributed by atoms with Crippen molar-refractivity contribution in [3.63, 3.8) is 0 Å². The van der Waals surface area contributed by atoms with E-state index in [1.807, 2.05) is 34.1 Å². The van der Waals surface area contributed by atoms with E-state index in [4.69, 9.17) is 9.47 Å². The first kappa shape index (κ1) is 24.1. The molecule has 2 aromatic rings. The molecule has 3 amide bonds. The smallest absolute Gasteiger partial charge is 0.238 e. The van der Waals surface area contributed by atoms with E-state index < -0.39 is 0 Å². The number of nitrogens with one attached hydrogen (secondary N) is 2. The molecule has 0 bridgehead atoms. The zero-order valence-electron chi connectivity index (χ0n) is 19.2. The van der Waals surface area contributed by atoms with Crippen molar-refractivity contribution >= 4 is 29.1 Å². The molecule has 1 aliphatic rings. The van der Waals surface area contributed by atoms with Gasteiger partial charge >= 0.3 is 0 Å². The minimum Gasteiger partial charge on any atom is -0.497 e. The van der Waals surface area contributed by atoms with Crippen LogP contribution in [-0.4, -0.2) is 74.5 Å². The van der Waals surface area contributed by atoms with Crippen molar-refractivity contribution in [3.8, 4) is 11.5 Å². The van der Waals surface area contributed by atoms with E-state index in [2.05, 4.69) is 10.6 Å². The molecule has 33 heavy (non-hydrogen) atoms. The van der Waals surface area contributed by atoms with E-state index in [-0.39, 0.29) is 24.3 Å². The first-order valence-corrected chi connectivity index (χ1v) is 10.8. The molecule has 0 aliphatic carbocycles. The number of amides is 3. The van der Waals surface area contributed by atoms with E-state index in [9.17, 15) is 14.4 Å². The summed E-state index contributed by atoms with van der Waals surface area (Å²) in [5, 5.41) is 5.54. The van der Waals surface area contributed by atoms with Gasteiger partial charge in [-0.15, -0.1) is 0 Å². The van der Waals surface area contributed by atoms with Gasteiger partial charge in [-0.1, -0.05) is 12.1 Å². The standard InChI is InChI=1S/C24H30N4O5/c1-17(29)25-19-7-8-22(33-3)21(15-19)26-23(30)16-27-9-11-28(12-10-27)24(31)14-18-5-4-6-20(13-18)32-2/h4-8,13,15H,9-12,14,16H2,1-3H3,(H,25,29)(H,26,30). The van der Waals surface area contributed by atoms with Crippen LogP contribution in [0.15, 0.2) is 42.5 Å². The fraction of sp³-hybridized carbons (Fsp3) is 0.375. The van der Waals surface area contributed by atoms with Crippen LogP contribution in [0.4, 0.5) is 11.4 Å². The molecule has 1 aliphatic heterocycles. The molecule has 1 saturated heterocycles. The molecular weight excluding hydrogens is 424 g/mol. The molecule has 0 spiro atoms. The summed E-state index contributed by atoms with van der Waals surface area (Å²) in [6, 6.07) is 12.6. The largest absolute Gasteiger partial charge is 0.497 e. The number of nitrogens with zero attached hydrogens (tertiary/aromatic N) is 2. The maximum absolute atomic E-state index is 12.7. The Morgan fingerprint density at radius 3 is 2.36 bits per heavy atom. The predicted octanol–water partition coefficient (Wildman–Crippen LogP) is 1.99. The second-order valence-electron chi connectivity index (χ2n) is 7.83. The molecule has 176 valence electrons. The molecule has 0 atom stereocenters. The molecule has 9 nitrogen and oxygen atoms in total. The summed E-state index contributed by atoms with van der Waals surface area (Å²) in [7, 11) is 3.12. The van der Waals surface area contributed by atoms with E-state index in [0.717, 1.165) is 11.3 Å². The van der Waals surface area contributed by atoms with Gasteiger partial charge in [-0.05, 0) is 35.9 Å². The second-order valence-corrected chi connectivity index (χ2v) is 7.83. The van der Waals surface area contributed by atoms with Gasteiger partial charge in [0.25, 0.3) is 0 Å². The molecule has 1 heterocycles. The SMILES string of the molecule is COc1cccc(CC(=O)N2CCN(CC(=O)Nc3cc(NC(C)=O)ccc3OC)CC2)c1. The third kappa shape index (κ3) is 6.95. The quantitative estimate of drug-likeness (QED) is 0.633. The highest BCUT2D eigenvalue weighted by Crippen LogP contribution is 2.28. The summed E-state index contributed by atoms with van der Waals surface area (Å²) in [5.41, 5.74) is 1.97. The molecule has 1 fully saturated rings. The number of hydrogen-bond acceptors (Lipinski definition) is 6.